The summed E-state index contributed by atoms with van der Waals surface area (Å²) in [5, 5.41) is 4.71. The van der Waals surface area contributed by atoms with Crippen LogP contribution in [-0.4, -0.2) is 75.1 Å². The van der Waals surface area contributed by atoms with Gasteiger partial charge in [-0.05, 0) is 82.7 Å². The lowest BCUT2D eigenvalue weighted by Crippen LogP contribution is -2.30. The van der Waals surface area contributed by atoms with Crippen LogP contribution in [-0.2, 0) is 16.6 Å². The molecule has 0 atom stereocenters. The summed E-state index contributed by atoms with van der Waals surface area (Å²) in [6.45, 7) is 5.87. The summed E-state index contributed by atoms with van der Waals surface area (Å²) in [7, 11) is 2.54. The summed E-state index contributed by atoms with van der Waals surface area (Å²) in [6.07, 6.45) is 2.69. The highest BCUT2D eigenvalue weighted by Gasteiger charge is 2.28. The summed E-state index contributed by atoms with van der Waals surface area (Å²) in [5.74, 6) is 1.79. The van der Waals surface area contributed by atoms with E-state index in [1.54, 1.807) is 13.0 Å². The van der Waals surface area contributed by atoms with Crippen molar-refractivity contribution in [2.24, 2.45) is 0 Å². The predicted octanol–water partition coefficient (Wildman–Crippen LogP) is 5.06. The largest absolute Gasteiger partial charge is 0.493 e. The number of fused-ring (bicyclic) bond motifs is 2. The first kappa shape index (κ1) is 32.9. The highest BCUT2D eigenvalue weighted by atomic mass is 32.2. The first-order valence-electron chi connectivity index (χ1n) is 15.1. The Hall–Kier alpha value is -4.49. The van der Waals surface area contributed by atoms with Crippen molar-refractivity contribution in [2.45, 2.75) is 44.6 Å². The second-order valence-corrected chi connectivity index (χ2v) is 13.1. The van der Waals surface area contributed by atoms with Crippen molar-refractivity contribution in [3.05, 3.63) is 70.3 Å². The third-order valence-corrected chi connectivity index (χ3v) is 9.26. The number of rotatable bonds is 15. The lowest BCUT2D eigenvalue weighted by molar-refractivity contribution is 0.286. The fourth-order valence-electron chi connectivity index (χ4n) is 5.26. The standard InChI is InChI=1S/C33H40N4O8S/c1-7-13-43-24-15-23(16-25(17-24)44-14-9-8-12-35(3)4)21-36-28-19-27-22(2)34-45-31(27)20-29(28)37(33(36)38)46(39,40)26-10-11-30(41-5)32(18-26)42-6/h10-11,15-20H,7-9,12-14,21H2,1-6H3. The van der Waals surface area contributed by atoms with Gasteiger partial charge in [0, 0.05) is 23.6 Å². The van der Waals surface area contributed by atoms with E-state index in [4.69, 9.17) is 23.5 Å². The minimum Gasteiger partial charge on any atom is -0.493 e. The monoisotopic (exact) mass is 652 g/mol. The van der Waals surface area contributed by atoms with E-state index in [-0.39, 0.29) is 22.7 Å². The first-order chi connectivity index (χ1) is 22.1. The molecule has 2 aromatic heterocycles. The molecule has 0 saturated carbocycles. The van der Waals surface area contributed by atoms with Gasteiger partial charge in [-0.25, -0.2) is 13.2 Å². The molecule has 0 bridgehead atoms. The van der Waals surface area contributed by atoms with Gasteiger partial charge in [-0.1, -0.05) is 12.1 Å². The lowest BCUT2D eigenvalue weighted by atomic mass is 10.1. The summed E-state index contributed by atoms with van der Waals surface area (Å²) in [6, 6.07) is 13.0. The van der Waals surface area contributed by atoms with Crippen molar-refractivity contribution >= 4 is 32.0 Å². The fraction of sp³-hybridized carbons (Fsp3) is 0.394. The number of hydrogen-bond donors (Lipinski definition) is 0. The first-order valence-corrected chi connectivity index (χ1v) is 16.5. The van der Waals surface area contributed by atoms with E-state index in [1.165, 1.54) is 43.1 Å². The Morgan fingerprint density at radius 3 is 2.28 bits per heavy atom. The van der Waals surface area contributed by atoms with Gasteiger partial charge in [0.05, 0.1) is 55.6 Å². The van der Waals surface area contributed by atoms with Crippen molar-refractivity contribution in [1.29, 1.82) is 0 Å². The van der Waals surface area contributed by atoms with Crippen molar-refractivity contribution in [2.75, 3.05) is 48.1 Å². The Balaban J connectivity index is 1.62. The molecule has 13 heteroatoms. The molecule has 12 nitrogen and oxygen atoms in total. The SMILES string of the molecule is CCCOc1cc(Cn2c(=O)n(S(=O)(=O)c3ccc(OC)c(OC)c3)c3cc4onc(C)c4cc32)cc(OCCCCN(C)C)c1. The number of ether oxygens (including phenoxy) is 4. The van der Waals surface area contributed by atoms with Crippen LogP contribution in [0.25, 0.3) is 22.0 Å². The third kappa shape index (κ3) is 6.70. The Morgan fingerprint density at radius 2 is 1.61 bits per heavy atom. The van der Waals surface area contributed by atoms with Crippen LogP contribution in [0.15, 0.2) is 62.7 Å². The molecule has 0 unspecified atom stereocenters. The number of imidazole rings is 1. The molecule has 0 fully saturated rings. The smallest absolute Gasteiger partial charge is 0.343 e. The molecule has 3 aromatic carbocycles. The van der Waals surface area contributed by atoms with Crippen LogP contribution in [0.2, 0.25) is 0 Å². The molecular formula is C33H40N4O8S. The predicted molar refractivity (Wildman–Crippen MR) is 175 cm³/mol. The molecule has 0 radical (unpaired) electrons. The Kier molecular flexibility index (Phi) is 9.92. The molecule has 2 heterocycles. The maximum Gasteiger partial charge on any atom is 0.343 e. The van der Waals surface area contributed by atoms with Crippen LogP contribution in [0.1, 0.15) is 37.4 Å². The average molecular weight is 653 g/mol. The highest BCUT2D eigenvalue weighted by Crippen LogP contribution is 2.33. The van der Waals surface area contributed by atoms with Gasteiger partial charge in [-0.3, -0.25) is 4.57 Å². The van der Waals surface area contributed by atoms with Crippen LogP contribution in [0.3, 0.4) is 0 Å². The molecule has 0 aliphatic heterocycles. The van der Waals surface area contributed by atoms with Gasteiger partial charge in [0.25, 0.3) is 10.0 Å². The molecule has 0 aliphatic rings. The number of benzene rings is 3. The van der Waals surface area contributed by atoms with Crippen molar-refractivity contribution in [3.63, 3.8) is 0 Å². The van der Waals surface area contributed by atoms with E-state index in [0.717, 1.165) is 29.8 Å². The molecule has 0 spiro atoms. The summed E-state index contributed by atoms with van der Waals surface area (Å²) >= 11 is 0. The third-order valence-electron chi connectivity index (χ3n) is 7.58. The van der Waals surface area contributed by atoms with Crippen molar-refractivity contribution in [3.8, 4) is 23.0 Å². The average Bonchev–Trinajstić information content (AvgIpc) is 3.53. The quantitative estimate of drug-likeness (QED) is 0.142. The zero-order valence-electron chi connectivity index (χ0n) is 27.0. The molecule has 46 heavy (non-hydrogen) atoms. The number of unbranched alkanes of at least 4 members (excludes halogenated alkanes) is 1. The van der Waals surface area contributed by atoms with Gasteiger partial charge in [0.15, 0.2) is 17.1 Å². The fourth-order valence-corrected chi connectivity index (χ4v) is 6.67. The van der Waals surface area contributed by atoms with E-state index >= 15 is 0 Å². The molecule has 5 aromatic rings. The van der Waals surface area contributed by atoms with Gasteiger partial charge >= 0.3 is 5.69 Å². The number of aromatic nitrogens is 3. The number of hydrogen-bond acceptors (Lipinski definition) is 10. The molecular weight excluding hydrogens is 612 g/mol. The number of nitrogens with zero attached hydrogens (tertiary/aromatic N) is 4. The minimum absolute atomic E-state index is 0.0555. The second kappa shape index (κ2) is 13.9. The zero-order valence-corrected chi connectivity index (χ0v) is 27.8. The van der Waals surface area contributed by atoms with Crippen LogP contribution in [0, 0.1) is 6.92 Å². The molecule has 0 N–H and O–H groups in total. The molecule has 0 amide bonds. The van der Waals surface area contributed by atoms with Gasteiger partial charge in [-0.15, -0.1) is 0 Å². The van der Waals surface area contributed by atoms with E-state index in [9.17, 15) is 13.2 Å². The molecule has 0 aliphatic carbocycles. The Morgan fingerprint density at radius 1 is 0.891 bits per heavy atom. The zero-order chi connectivity index (χ0) is 33.0. The van der Waals surface area contributed by atoms with E-state index in [1.807, 2.05) is 39.2 Å². The Bertz CT molecular complexity index is 2010. The number of aryl methyl sites for hydroxylation is 1. The van der Waals surface area contributed by atoms with Gasteiger partial charge in [-0.2, -0.15) is 3.97 Å². The van der Waals surface area contributed by atoms with E-state index in [2.05, 4.69) is 10.1 Å². The van der Waals surface area contributed by atoms with Crippen LogP contribution in [0.4, 0.5) is 0 Å². The van der Waals surface area contributed by atoms with Gasteiger partial charge in [0.2, 0.25) is 0 Å². The summed E-state index contributed by atoms with van der Waals surface area (Å²) in [4.78, 5) is 16.2. The van der Waals surface area contributed by atoms with Crippen molar-refractivity contribution in [1.82, 2.24) is 18.6 Å². The van der Waals surface area contributed by atoms with Crippen LogP contribution >= 0.6 is 0 Å². The molecule has 0 saturated heterocycles. The Labute approximate surface area is 268 Å². The van der Waals surface area contributed by atoms with Crippen LogP contribution < -0.4 is 24.6 Å². The lowest BCUT2D eigenvalue weighted by Gasteiger charge is -2.13. The second-order valence-electron chi connectivity index (χ2n) is 11.3. The number of methoxy groups -OCH3 is 2. The highest BCUT2D eigenvalue weighted by molar-refractivity contribution is 7.90. The minimum atomic E-state index is -4.41. The maximum absolute atomic E-state index is 14.2. The van der Waals surface area contributed by atoms with E-state index < -0.39 is 15.7 Å². The summed E-state index contributed by atoms with van der Waals surface area (Å²) < 4.78 is 58.6. The topological polar surface area (TPSA) is 127 Å². The van der Waals surface area contributed by atoms with E-state index in [0.29, 0.717) is 58.2 Å². The molecule has 246 valence electrons. The van der Waals surface area contributed by atoms with Gasteiger partial charge in [0.1, 0.15) is 11.5 Å². The molecule has 5 rings (SSSR count). The van der Waals surface area contributed by atoms with Gasteiger partial charge < -0.3 is 28.4 Å². The normalized spacial score (nSPS) is 11.9. The summed E-state index contributed by atoms with van der Waals surface area (Å²) in [5.41, 5.74) is 1.50. The van der Waals surface area contributed by atoms with Crippen LogP contribution in [0.5, 0.6) is 23.0 Å². The van der Waals surface area contributed by atoms with Crippen molar-refractivity contribution < 1.29 is 31.9 Å². The maximum atomic E-state index is 14.2.